The summed E-state index contributed by atoms with van der Waals surface area (Å²) in [7, 11) is 3.64. The number of nitrogens with two attached hydrogens (primary N) is 1. The van der Waals surface area contributed by atoms with Crippen molar-refractivity contribution in [2.75, 3.05) is 14.2 Å². The van der Waals surface area contributed by atoms with E-state index in [9.17, 15) is 0 Å². The van der Waals surface area contributed by atoms with Gasteiger partial charge in [0.1, 0.15) is 5.75 Å². The predicted molar refractivity (Wildman–Crippen MR) is 67.8 cm³/mol. The Morgan fingerprint density at radius 1 is 1.44 bits per heavy atom. The molecule has 0 aliphatic rings. The topological polar surface area (TPSA) is 47.3 Å². The van der Waals surface area contributed by atoms with Gasteiger partial charge in [-0.25, -0.2) is 0 Å². The maximum absolute atomic E-state index is 5.95. The molecule has 16 heavy (non-hydrogen) atoms. The van der Waals surface area contributed by atoms with Crippen LogP contribution in [0.2, 0.25) is 0 Å². The summed E-state index contributed by atoms with van der Waals surface area (Å²) >= 11 is 0. The van der Waals surface area contributed by atoms with Crippen molar-refractivity contribution in [3.8, 4) is 5.75 Å². The maximum Gasteiger partial charge on any atom is 0.122 e. The minimum absolute atomic E-state index is 0.0862. The quantitative estimate of drug-likeness (QED) is 0.799. The average Bonchev–Trinajstić information content (AvgIpc) is 2.29. The molecule has 0 spiro atoms. The molecule has 3 N–H and O–H groups in total. The zero-order chi connectivity index (χ0) is 12.1. The Labute approximate surface area is 98.0 Å². The smallest absolute Gasteiger partial charge is 0.122 e. The first kappa shape index (κ1) is 13.0. The van der Waals surface area contributed by atoms with Gasteiger partial charge in [0.2, 0.25) is 0 Å². The van der Waals surface area contributed by atoms with Gasteiger partial charge in [-0.15, -0.1) is 0 Å². The predicted octanol–water partition coefficient (Wildman–Crippen LogP) is 1.87. The van der Waals surface area contributed by atoms with Crippen LogP contribution < -0.4 is 15.8 Å². The van der Waals surface area contributed by atoms with Gasteiger partial charge in [0.05, 0.1) is 7.11 Å². The number of benzene rings is 1. The summed E-state index contributed by atoms with van der Waals surface area (Å²) < 4.78 is 5.31. The van der Waals surface area contributed by atoms with Crippen molar-refractivity contribution >= 4 is 0 Å². The molecule has 0 amide bonds. The minimum Gasteiger partial charge on any atom is -0.496 e. The first-order valence-corrected chi connectivity index (χ1v) is 5.73. The zero-order valence-electron chi connectivity index (χ0n) is 10.6. The second-order valence-electron chi connectivity index (χ2n) is 4.05. The Morgan fingerprint density at radius 3 is 2.56 bits per heavy atom. The van der Waals surface area contributed by atoms with Crippen LogP contribution in [-0.4, -0.2) is 20.2 Å². The Kier molecular flexibility index (Phi) is 4.77. The van der Waals surface area contributed by atoms with E-state index in [2.05, 4.69) is 24.4 Å². The number of hydrogen-bond acceptors (Lipinski definition) is 3. The first-order chi connectivity index (χ1) is 7.63. The molecular weight excluding hydrogens is 200 g/mol. The number of ether oxygens (including phenoxy) is 1. The molecule has 3 nitrogen and oxygen atoms in total. The molecule has 3 heteroatoms. The highest BCUT2D eigenvalue weighted by molar-refractivity contribution is 5.38. The van der Waals surface area contributed by atoms with Gasteiger partial charge in [0.15, 0.2) is 0 Å². The van der Waals surface area contributed by atoms with E-state index in [0.29, 0.717) is 0 Å². The van der Waals surface area contributed by atoms with Crippen LogP contribution in [0, 0.1) is 0 Å². The van der Waals surface area contributed by atoms with Crippen LogP contribution in [0.1, 0.15) is 31.0 Å². The Bertz CT molecular complexity index is 337. The average molecular weight is 222 g/mol. The molecule has 2 unspecified atom stereocenters. The summed E-state index contributed by atoms with van der Waals surface area (Å²) in [5.74, 6) is 0.950. The third-order valence-electron chi connectivity index (χ3n) is 2.88. The van der Waals surface area contributed by atoms with Crippen molar-refractivity contribution in [2.24, 2.45) is 5.73 Å². The van der Waals surface area contributed by atoms with Crippen LogP contribution in [0.25, 0.3) is 0 Å². The van der Waals surface area contributed by atoms with E-state index in [1.165, 1.54) is 11.1 Å². The van der Waals surface area contributed by atoms with E-state index in [1.54, 1.807) is 7.11 Å². The normalized spacial score (nSPS) is 14.6. The van der Waals surface area contributed by atoms with Crippen LogP contribution in [0.3, 0.4) is 0 Å². The van der Waals surface area contributed by atoms with Gasteiger partial charge in [-0.05, 0) is 37.6 Å². The van der Waals surface area contributed by atoms with Gasteiger partial charge < -0.3 is 15.8 Å². The monoisotopic (exact) mass is 222 g/mol. The van der Waals surface area contributed by atoms with E-state index >= 15 is 0 Å². The van der Waals surface area contributed by atoms with Crippen molar-refractivity contribution in [3.63, 3.8) is 0 Å². The molecular formula is C13H22N2O. The van der Waals surface area contributed by atoms with E-state index in [-0.39, 0.29) is 12.1 Å². The fraction of sp³-hybridized carbons (Fsp3) is 0.538. The fourth-order valence-electron chi connectivity index (χ4n) is 2.00. The van der Waals surface area contributed by atoms with Gasteiger partial charge in [0.25, 0.3) is 0 Å². The molecule has 0 aromatic heterocycles. The summed E-state index contributed by atoms with van der Waals surface area (Å²) in [6, 6.07) is 6.53. The number of hydrogen-bond donors (Lipinski definition) is 2. The Morgan fingerprint density at radius 2 is 2.12 bits per heavy atom. The Hall–Kier alpha value is -1.06. The number of nitrogens with one attached hydrogen (secondary N) is 1. The third-order valence-corrected chi connectivity index (χ3v) is 2.88. The highest BCUT2D eigenvalue weighted by atomic mass is 16.5. The van der Waals surface area contributed by atoms with Crippen molar-refractivity contribution < 1.29 is 4.74 Å². The van der Waals surface area contributed by atoms with Gasteiger partial charge >= 0.3 is 0 Å². The van der Waals surface area contributed by atoms with Gasteiger partial charge in [-0.3, -0.25) is 0 Å². The SMILES string of the molecule is CCc1cc(C(NC)C(C)N)ccc1OC. The third kappa shape index (κ3) is 2.74. The molecule has 0 radical (unpaired) electrons. The lowest BCUT2D eigenvalue weighted by Gasteiger charge is -2.21. The number of aryl methyl sites for hydroxylation is 1. The van der Waals surface area contributed by atoms with E-state index in [0.717, 1.165) is 12.2 Å². The molecule has 0 bridgehead atoms. The highest BCUT2D eigenvalue weighted by Gasteiger charge is 2.15. The molecule has 2 atom stereocenters. The number of methoxy groups -OCH3 is 1. The molecule has 0 aliphatic carbocycles. The van der Waals surface area contributed by atoms with Crippen molar-refractivity contribution in [1.29, 1.82) is 0 Å². The summed E-state index contributed by atoms with van der Waals surface area (Å²) in [5.41, 5.74) is 8.39. The van der Waals surface area contributed by atoms with Gasteiger partial charge in [0, 0.05) is 12.1 Å². The standard InChI is InChI=1S/C13H22N2O/c1-5-10-8-11(6-7-12(10)16-4)13(15-3)9(2)14/h6-9,13,15H,5,14H2,1-4H3. The Balaban J connectivity index is 3.06. The van der Waals surface area contributed by atoms with Crippen LogP contribution >= 0.6 is 0 Å². The highest BCUT2D eigenvalue weighted by Crippen LogP contribution is 2.24. The minimum atomic E-state index is 0.0862. The number of rotatable bonds is 5. The maximum atomic E-state index is 5.95. The summed E-state index contributed by atoms with van der Waals surface area (Å²) in [6.07, 6.45) is 0.965. The zero-order valence-corrected chi connectivity index (χ0v) is 10.6. The lowest BCUT2D eigenvalue weighted by atomic mass is 9.98. The van der Waals surface area contributed by atoms with E-state index in [1.807, 2.05) is 20.0 Å². The molecule has 1 aromatic carbocycles. The summed E-state index contributed by atoms with van der Waals surface area (Å²) in [6.45, 7) is 4.14. The van der Waals surface area contributed by atoms with Crippen LogP contribution in [0.15, 0.2) is 18.2 Å². The molecule has 90 valence electrons. The molecule has 0 fully saturated rings. The van der Waals surface area contributed by atoms with Crippen LogP contribution in [0.5, 0.6) is 5.75 Å². The van der Waals surface area contributed by atoms with Crippen LogP contribution in [-0.2, 0) is 6.42 Å². The molecule has 1 aromatic rings. The lowest BCUT2D eigenvalue weighted by Crippen LogP contribution is -2.33. The second-order valence-corrected chi connectivity index (χ2v) is 4.05. The first-order valence-electron chi connectivity index (χ1n) is 5.73. The van der Waals surface area contributed by atoms with Gasteiger partial charge in [-0.2, -0.15) is 0 Å². The number of likely N-dealkylation sites (N-methyl/N-ethyl adjacent to an activating group) is 1. The van der Waals surface area contributed by atoms with Crippen molar-refractivity contribution in [1.82, 2.24) is 5.32 Å². The summed E-state index contributed by atoms with van der Waals surface area (Å²) in [4.78, 5) is 0. The fourth-order valence-corrected chi connectivity index (χ4v) is 2.00. The molecule has 0 saturated heterocycles. The summed E-state index contributed by atoms with van der Waals surface area (Å²) in [5, 5.41) is 3.24. The second kappa shape index (κ2) is 5.87. The molecule has 0 heterocycles. The van der Waals surface area contributed by atoms with Crippen molar-refractivity contribution in [3.05, 3.63) is 29.3 Å². The largest absolute Gasteiger partial charge is 0.496 e. The van der Waals surface area contributed by atoms with Crippen LogP contribution in [0.4, 0.5) is 0 Å². The van der Waals surface area contributed by atoms with E-state index in [4.69, 9.17) is 10.5 Å². The van der Waals surface area contributed by atoms with Gasteiger partial charge in [-0.1, -0.05) is 19.1 Å². The lowest BCUT2D eigenvalue weighted by molar-refractivity contribution is 0.409. The molecule has 0 aliphatic heterocycles. The molecule has 1 rings (SSSR count). The van der Waals surface area contributed by atoms with Crippen molar-refractivity contribution in [2.45, 2.75) is 32.4 Å². The molecule has 0 saturated carbocycles. The van der Waals surface area contributed by atoms with E-state index < -0.39 is 0 Å².